The van der Waals surface area contributed by atoms with Crippen molar-refractivity contribution in [3.05, 3.63) is 34.2 Å². The third-order valence-corrected chi connectivity index (χ3v) is 5.62. The summed E-state index contributed by atoms with van der Waals surface area (Å²) in [5.74, 6) is -2.54. The van der Waals surface area contributed by atoms with Crippen LogP contribution in [-0.4, -0.2) is 23.5 Å². The number of carboxylic acid groups (broad SMARTS) is 1. The van der Waals surface area contributed by atoms with E-state index >= 15 is 0 Å². The number of hydrogen-bond acceptors (Lipinski definition) is 5. The van der Waals surface area contributed by atoms with Crippen molar-refractivity contribution in [3.8, 4) is 11.3 Å². The van der Waals surface area contributed by atoms with Gasteiger partial charge in [0.15, 0.2) is 5.13 Å². The van der Waals surface area contributed by atoms with Gasteiger partial charge in [-0.1, -0.05) is 35.8 Å². The third-order valence-electron chi connectivity index (χ3n) is 4.33. The number of carbonyl (C=O) groups is 1. The van der Waals surface area contributed by atoms with E-state index in [1.807, 2.05) is 4.90 Å². The Kier molecular flexibility index (Phi) is 5.54. The highest BCUT2D eigenvalue weighted by Gasteiger charge is 2.26. The van der Waals surface area contributed by atoms with Gasteiger partial charge in [0.05, 0.1) is 0 Å². The fourth-order valence-corrected chi connectivity index (χ4v) is 4.38. The molecule has 1 aromatic heterocycles. The van der Waals surface area contributed by atoms with Crippen molar-refractivity contribution in [3.63, 3.8) is 0 Å². The van der Waals surface area contributed by atoms with Gasteiger partial charge in [0.25, 0.3) is 0 Å². The Morgan fingerprint density at radius 1 is 1.36 bits per heavy atom. The van der Waals surface area contributed by atoms with E-state index in [9.17, 15) is 18.7 Å². The lowest BCUT2D eigenvalue weighted by Crippen LogP contribution is -2.37. The van der Waals surface area contributed by atoms with Crippen molar-refractivity contribution in [1.82, 2.24) is 4.98 Å². The topological polar surface area (TPSA) is 56.3 Å². The molecule has 134 valence electrons. The molecule has 0 saturated heterocycles. The smallest absolute Gasteiger partial charge is 0.187 e. The number of halogens is 3. The monoisotopic (exact) mass is 385 g/mol. The first-order valence-electron chi connectivity index (χ1n) is 8.04. The SMILES string of the molecule is O=C([O-])CCN(c1nc(-c2ccc(F)cc2F)c(Cl)s1)C1CCCC1. The van der Waals surface area contributed by atoms with E-state index in [0.29, 0.717) is 5.13 Å². The highest BCUT2D eigenvalue weighted by molar-refractivity contribution is 7.20. The van der Waals surface area contributed by atoms with E-state index in [2.05, 4.69) is 4.98 Å². The quantitative estimate of drug-likeness (QED) is 0.762. The average Bonchev–Trinajstić information content (AvgIpc) is 3.18. The molecular formula is C17H16ClF2N2O2S-. The molecule has 4 nitrogen and oxygen atoms in total. The maximum absolute atomic E-state index is 14.0. The summed E-state index contributed by atoms with van der Waals surface area (Å²) < 4.78 is 27.5. The maximum Gasteiger partial charge on any atom is 0.187 e. The summed E-state index contributed by atoms with van der Waals surface area (Å²) in [6.45, 7) is 0.266. The van der Waals surface area contributed by atoms with Gasteiger partial charge in [-0.2, -0.15) is 0 Å². The second-order valence-corrected chi connectivity index (χ2v) is 7.58. The molecule has 0 N–H and O–H groups in total. The number of aliphatic carboxylic acids is 1. The van der Waals surface area contributed by atoms with E-state index in [0.717, 1.165) is 37.8 Å². The van der Waals surface area contributed by atoms with Crippen LogP contribution in [0.5, 0.6) is 0 Å². The van der Waals surface area contributed by atoms with Crippen molar-refractivity contribution < 1.29 is 18.7 Å². The van der Waals surface area contributed by atoms with E-state index in [1.165, 1.54) is 17.4 Å². The van der Waals surface area contributed by atoms with Crippen molar-refractivity contribution in [1.29, 1.82) is 0 Å². The lowest BCUT2D eigenvalue weighted by molar-refractivity contribution is -0.305. The molecule has 0 spiro atoms. The number of thiazole rings is 1. The van der Waals surface area contributed by atoms with Crippen molar-refractivity contribution in [2.75, 3.05) is 11.4 Å². The van der Waals surface area contributed by atoms with Gasteiger partial charge in [-0.05, 0) is 25.0 Å². The Morgan fingerprint density at radius 3 is 2.72 bits per heavy atom. The van der Waals surface area contributed by atoms with Crippen LogP contribution >= 0.6 is 22.9 Å². The standard InChI is InChI=1S/C17H17ClF2N2O2S/c18-16-15(12-6-5-10(19)9-13(12)20)21-17(25-16)22(8-7-14(23)24)11-3-1-2-4-11/h5-6,9,11H,1-4,7-8H2,(H,23,24)/p-1. The minimum atomic E-state index is -1.13. The molecule has 1 aliphatic rings. The zero-order valence-electron chi connectivity index (χ0n) is 13.3. The molecule has 3 rings (SSSR count). The number of aromatic nitrogens is 1. The highest BCUT2D eigenvalue weighted by Crippen LogP contribution is 2.40. The van der Waals surface area contributed by atoms with Crippen LogP contribution in [0.25, 0.3) is 11.3 Å². The van der Waals surface area contributed by atoms with Crippen LogP contribution in [0, 0.1) is 11.6 Å². The minimum absolute atomic E-state index is 0.117. The zero-order chi connectivity index (χ0) is 18.0. The van der Waals surface area contributed by atoms with Crippen LogP contribution in [0.3, 0.4) is 0 Å². The van der Waals surface area contributed by atoms with Crippen LogP contribution in [0.15, 0.2) is 18.2 Å². The normalized spacial score (nSPS) is 14.8. The number of anilines is 1. The van der Waals surface area contributed by atoms with Crippen LogP contribution < -0.4 is 10.0 Å². The van der Waals surface area contributed by atoms with E-state index in [-0.39, 0.29) is 34.6 Å². The summed E-state index contributed by atoms with van der Waals surface area (Å²) in [6.07, 6.45) is 3.93. The number of carbonyl (C=O) groups excluding carboxylic acids is 1. The number of benzene rings is 1. The molecule has 0 radical (unpaired) electrons. The first kappa shape index (κ1) is 18.1. The van der Waals surface area contributed by atoms with Crippen molar-refractivity contribution in [2.45, 2.75) is 38.1 Å². The van der Waals surface area contributed by atoms with Gasteiger partial charge in [-0.3, -0.25) is 0 Å². The largest absolute Gasteiger partial charge is 0.550 e. The van der Waals surface area contributed by atoms with Crippen LogP contribution in [0.4, 0.5) is 13.9 Å². The maximum atomic E-state index is 14.0. The number of nitrogens with zero attached hydrogens (tertiary/aromatic N) is 2. The minimum Gasteiger partial charge on any atom is -0.550 e. The van der Waals surface area contributed by atoms with Crippen LogP contribution in [0.2, 0.25) is 4.34 Å². The van der Waals surface area contributed by atoms with Crippen molar-refractivity contribution >= 4 is 34.0 Å². The van der Waals surface area contributed by atoms with Gasteiger partial charge < -0.3 is 14.8 Å². The number of rotatable bonds is 6. The molecule has 25 heavy (non-hydrogen) atoms. The van der Waals surface area contributed by atoms with Crippen LogP contribution in [0.1, 0.15) is 32.1 Å². The molecule has 2 aromatic rings. The van der Waals surface area contributed by atoms with Gasteiger partial charge >= 0.3 is 0 Å². The predicted octanol–water partition coefficient (Wildman–Crippen LogP) is 3.63. The summed E-state index contributed by atoms with van der Waals surface area (Å²) in [5.41, 5.74) is 0.371. The van der Waals surface area contributed by atoms with Crippen LogP contribution in [-0.2, 0) is 4.79 Å². The molecule has 0 bridgehead atoms. The van der Waals surface area contributed by atoms with Gasteiger partial charge in [-0.15, -0.1) is 0 Å². The third kappa shape index (κ3) is 4.10. The molecule has 1 fully saturated rings. The summed E-state index contributed by atoms with van der Waals surface area (Å²) in [4.78, 5) is 17.2. The van der Waals surface area contributed by atoms with E-state index in [4.69, 9.17) is 11.6 Å². The molecule has 1 heterocycles. The first-order chi connectivity index (χ1) is 12.0. The molecule has 0 aliphatic heterocycles. The Bertz CT molecular complexity index is 778. The molecule has 8 heteroatoms. The van der Waals surface area contributed by atoms with Gasteiger partial charge in [-0.25, -0.2) is 13.8 Å². The average molecular weight is 386 g/mol. The molecular weight excluding hydrogens is 370 g/mol. The van der Waals surface area contributed by atoms with E-state index < -0.39 is 17.6 Å². The zero-order valence-corrected chi connectivity index (χ0v) is 14.9. The second kappa shape index (κ2) is 7.66. The first-order valence-corrected chi connectivity index (χ1v) is 9.23. The Labute approximate surface area is 153 Å². The molecule has 1 aliphatic carbocycles. The fourth-order valence-electron chi connectivity index (χ4n) is 3.12. The van der Waals surface area contributed by atoms with Gasteiger partial charge in [0, 0.05) is 36.6 Å². The van der Waals surface area contributed by atoms with Crippen molar-refractivity contribution in [2.24, 2.45) is 0 Å². The Balaban J connectivity index is 1.93. The lowest BCUT2D eigenvalue weighted by Gasteiger charge is -2.28. The van der Waals surface area contributed by atoms with Gasteiger partial charge in [0.1, 0.15) is 21.7 Å². The number of carboxylic acids is 1. The summed E-state index contributed by atoms with van der Waals surface area (Å²) in [7, 11) is 0. The summed E-state index contributed by atoms with van der Waals surface area (Å²) in [5, 5.41) is 11.4. The fraction of sp³-hybridized carbons (Fsp3) is 0.412. The Hall–Kier alpha value is -1.73. The van der Waals surface area contributed by atoms with Gasteiger partial charge in [0.2, 0.25) is 0 Å². The second-order valence-electron chi connectivity index (χ2n) is 6.00. The molecule has 0 atom stereocenters. The molecule has 1 saturated carbocycles. The molecule has 1 aromatic carbocycles. The highest BCUT2D eigenvalue weighted by atomic mass is 35.5. The molecule has 0 amide bonds. The summed E-state index contributed by atoms with van der Waals surface area (Å²) >= 11 is 7.42. The summed E-state index contributed by atoms with van der Waals surface area (Å²) in [6, 6.07) is 3.43. The molecule has 0 unspecified atom stereocenters. The van der Waals surface area contributed by atoms with E-state index in [1.54, 1.807) is 0 Å². The predicted molar refractivity (Wildman–Crippen MR) is 91.7 cm³/mol. The Morgan fingerprint density at radius 2 is 2.08 bits per heavy atom. The lowest BCUT2D eigenvalue weighted by atomic mass is 10.1. The number of hydrogen-bond donors (Lipinski definition) is 0.